The maximum atomic E-state index is 11.8. The van der Waals surface area contributed by atoms with E-state index in [4.69, 9.17) is 4.74 Å². The van der Waals surface area contributed by atoms with Crippen molar-refractivity contribution in [1.29, 1.82) is 0 Å². The van der Waals surface area contributed by atoms with Crippen LogP contribution in [0.1, 0.15) is 18.4 Å². The van der Waals surface area contributed by atoms with Crippen LogP contribution in [0, 0.1) is 0 Å². The van der Waals surface area contributed by atoms with Crippen LogP contribution in [-0.4, -0.2) is 31.0 Å². The second kappa shape index (κ2) is 5.53. The zero-order valence-corrected chi connectivity index (χ0v) is 10.1. The predicted molar refractivity (Wildman–Crippen MR) is 67.8 cm³/mol. The van der Waals surface area contributed by atoms with E-state index in [0.717, 1.165) is 37.2 Å². The third-order valence-corrected chi connectivity index (χ3v) is 2.96. The van der Waals surface area contributed by atoms with Gasteiger partial charge in [-0.25, -0.2) is 0 Å². The summed E-state index contributed by atoms with van der Waals surface area (Å²) in [7, 11) is 1.63. The molecule has 0 aliphatic carbocycles. The molecule has 0 unspecified atom stereocenters. The fraction of sp³-hybridized carbons (Fsp3) is 0.357. The van der Waals surface area contributed by atoms with E-state index in [1.807, 2.05) is 35.2 Å². The van der Waals surface area contributed by atoms with Crippen molar-refractivity contribution in [1.82, 2.24) is 4.90 Å². The molecule has 0 saturated carbocycles. The van der Waals surface area contributed by atoms with Crippen LogP contribution in [-0.2, 0) is 4.79 Å². The highest BCUT2D eigenvalue weighted by molar-refractivity contribution is 5.92. The molecule has 1 amide bonds. The number of hydrogen-bond acceptors (Lipinski definition) is 2. The number of likely N-dealkylation sites (tertiary alicyclic amines) is 1. The number of rotatable bonds is 3. The van der Waals surface area contributed by atoms with Crippen molar-refractivity contribution in [3.05, 3.63) is 35.9 Å². The predicted octanol–water partition coefficient (Wildman–Crippen LogP) is 2.33. The molecule has 0 bridgehead atoms. The molecule has 0 spiro atoms. The third-order valence-electron chi connectivity index (χ3n) is 2.96. The Morgan fingerprint density at radius 3 is 2.71 bits per heavy atom. The summed E-state index contributed by atoms with van der Waals surface area (Å²) in [5, 5.41) is 0. The van der Waals surface area contributed by atoms with E-state index >= 15 is 0 Å². The summed E-state index contributed by atoms with van der Waals surface area (Å²) in [5.41, 5.74) is 0.933. The summed E-state index contributed by atoms with van der Waals surface area (Å²) in [6, 6.07) is 7.67. The van der Waals surface area contributed by atoms with E-state index in [9.17, 15) is 4.79 Å². The van der Waals surface area contributed by atoms with Crippen LogP contribution in [0.5, 0.6) is 5.75 Å². The summed E-state index contributed by atoms with van der Waals surface area (Å²) in [6.07, 6.45) is 5.69. The first-order valence-corrected chi connectivity index (χ1v) is 5.91. The number of ether oxygens (including phenoxy) is 1. The summed E-state index contributed by atoms with van der Waals surface area (Å²) >= 11 is 0. The van der Waals surface area contributed by atoms with Crippen molar-refractivity contribution >= 4 is 12.0 Å². The molecular formula is C14H17NO2. The Morgan fingerprint density at radius 1 is 1.29 bits per heavy atom. The Hall–Kier alpha value is -1.77. The number of amides is 1. The van der Waals surface area contributed by atoms with Gasteiger partial charge in [0.15, 0.2) is 0 Å². The first-order valence-electron chi connectivity index (χ1n) is 5.91. The maximum Gasteiger partial charge on any atom is 0.246 e. The quantitative estimate of drug-likeness (QED) is 0.747. The molecule has 90 valence electrons. The number of hydrogen-bond donors (Lipinski definition) is 0. The fourth-order valence-electron chi connectivity index (χ4n) is 2.01. The number of nitrogens with zero attached hydrogens (tertiary/aromatic N) is 1. The molecular weight excluding hydrogens is 214 g/mol. The van der Waals surface area contributed by atoms with E-state index in [-0.39, 0.29) is 5.91 Å². The van der Waals surface area contributed by atoms with E-state index in [1.54, 1.807) is 13.2 Å². The molecule has 1 aromatic rings. The smallest absolute Gasteiger partial charge is 0.246 e. The van der Waals surface area contributed by atoms with Gasteiger partial charge in [-0.15, -0.1) is 0 Å². The average Bonchev–Trinajstić information content (AvgIpc) is 2.90. The van der Waals surface area contributed by atoms with Gasteiger partial charge in [0.05, 0.1) is 7.11 Å². The van der Waals surface area contributed by atoms with Crippen LogP contribution in [0.25, 0.3) is 6.08 Å². The molecule has 3 nitrogen and oxygen atoms in total. The van der Waals surface area contributed by atoms with Crippen LogP contribution < -0.4 is 4.74 Å². The van der Waals surface area contributed by atoms with Gasteiger partial charge < -0.3 is 9.64 Å². The van der Waals surface area contributed by atoms with E-state index < -0.39 is 0 Å². The van der Waals surface area contributed by atoms with E-state index in [0.29, 0.717) is 0 Å². The molecule has 0 radical (unpaired) electrons. The average molecular weight is 231 g/mol. The minimum absolute atomic E-state index is 0.0911. The van der Waals surface area contributed by atoms with Crippen LogP contribution in [0.3, 0.4) is 0 Å². The molecule has 0 N–H and O–H groups in total. The normalized spacial score (nSPS) is 15.5. The van der Waals surface area contributed by atoms with Gasteiger partial charge in [0.25, 0.3) is 0 Å². The number of carbonyl (C=O) groups excluding carboxylic acids is 1. The Kier molecular flexibility index (Phi) is 3.81. The van der Waals surface area contributed by atoms with Gasteiger partial charge in [-0.1, -0.05) is 18.2 Å². The molecule has 1 aliphatic rings. The summed E-state index contributed by atoms with van der Waals surface area (Å²) in [4.78, 5) is 13.7. The van der Waals surface area contributed by atoms with Gasteiger partial charge in [0.2, 0.25) is 5.91 Å². The molecule has 3 heteroatoms. The van der Waals surface area contributed by atoms with Gasteiger partial charge in [-0.3, -0.25) is 4.79 Å². The monoisotopic (exact) mass is 231 g/mol. The number of benzene rings is 1. The van der Waals surface area contributed by atoms with Gasteiger partial charge in [0.1, 0.15) is 5.75 Å². The number of para-hydroxylation sites is 1. The maximum absolute atomic E-state index is 11.8. The molecule has 0 aromatic heterocycles. The molecule has 2 rings (SSSR count). The van der Waals surface area contributed by atoms with E-state index in [2.05, 4.69) is 0 Å². The Bertz CT molecular complexity index is 420. The largest absolute Gasteiger partial charge is 0.496 e. The highest BCUT2D eigenvalue weighted by Crippen LogP contribution is 2.19. The highest BCUT2D eigenvalue weighted by Gasteiger charge is 2.15. The zero-order valence-electron chi connectivity index (χ0n) is 10.1. The molecule has 1 fully saturated rings. The highest BCUT2D eigenvalue weighted by atomic mass is 16.5. The molecule has 1 saturated heterocycles. The third kappa shape index (κ3) is 2.87. The SMILES string of the molecule is COc1ccccc1/C=C/C(=O)N1CCCC1. The second-order valence-electron chi connectivity index (χ2n) is 4.11. The summed E-state index contributed by atoms with van der Waals surface area (Å²) < 4.78 is 5.23. The zero-order chi connectivity index (χ0) is 12.1. The molecule has 1 aromatic carbocycles. The van der Waals surface area contributed by atoms with E-state index in [1.165, 1.54) is 0 Å². The second-order valence-corrected chi connectivity index (χ2v) is 4.11. The first-order chi connectivity index (χ1) is 8.31. The van der Waals surface area contributed by atoms with Crippen molar-refractivity contribution in [3.8, 4) is 5.75 Å². The van der Waals surface area contributed by atoms with Crippen LogP contribution in [0.4, 0.5) is 0 Å². The summed E-state index contributed by atoms with van der Waals surface area (Å²) in [6.45, 7) is 1.77. The summed E-state index contributed by atoms with van der Waals surface area (Å²) in [5.74, 6) is 0.881. The van der Waals surface area contributed by atoms with Gasteiger partial charge in [-0.2, -0.15) is 0 Å². The lowest BCUT2D eigenvalue weighted by Crippen LogP contribution is -2.25. The van der Waals surface area contributed by atoms with Crippen molar-refractivity contribution in [2.24, 2.45) is 0 Å². The number of methoxy groups -OCH3 is 1. The minimum Gasteiger partial charge on any atom is -0.496 e. The van der Waals surface area contributed by atoms with Gasteiger partial charge in [-0.05, 0) is 25.0 Å². The molecule has 1 aliphatic heterocycles. The van der Waals surface area contributed by atoms with Crippen LogP contribution in [0.15, 0.2) is 30.3 Å². The molecule has 0 atom stereocenters. The topological polar surface area (TPSA) is 29.5 Å². The van der Waals surface area contributed by atoms with Gasteiger partial charge >= 0.3 is 0 Å². The Morgan fingerprint density at radius 2 is 2.00 bits per heavy atom. The van der Waals surface area contributed by atoms with Crippen molar-refractivity contribution in [2.75, 3.05) is 20.2 Å². The molecule has 17 heavy (non-hydrogen) atoms. The van der Waals surface area contributed by atoms with Crippen molar-refractivity contribution in [3.63, 3.8) is 0 Å². The van der Waals surface area contributed by atoms with Crippen LogP contribution >= 0.6 is 0 Å². The fourth-order valence-corrected chi connectivity index (χ4v) is 2.01. The minimum atomic E-state index is 0.0911. The Labute approximate surface area is 102 Å². The first kappa shape index (κ1) is 11.7. The number of carbonyl (C=O) groups is 1. The van der Waals surface area contributed by atoms with Crippen molar-refractivity contribution in [2.45, 2.75) is 12.8 Å². The van der Waals surface area contributed by atoms with Crippen molar-refractivity contribution < 1.29 is 9.53 Å². The lowest BCUT2D eigenvalue weighted by molar-refractivity contribution is -0.124. The van der Waals surface area contributed by atoms with Gasteiger partial charge in [0, 0.05) is 24.7 Å². The standard InChI is InChI=1S/C14H17NO2/c1-17-13-7-3-2-6-12(13)8-9-14(16)15-10-4-5-11-15/h2-3,6-9H,4-5,10-11H2,1H3/b9-8+. The van der Waals surface area contributed by atoms with Crippen LogP contribution in [0.2, 0.25) is 0 Å². The lowest BCUT2D eigenvalue weighted by atomic mass is 10.2. The Balaban J connectivity index is 2.06. The lowest BCUT2D eigenvalue weighted by Gasteiger charge is -2.11. The molecule has 1 heterocycles.